The van der Waals surface area contributed by atoms with Crippen molar-refractivity contribution in [2.45, 2.75) is 0 Å². The molecule has 0 aliphatic heterocycles. The summed E-state index contributed by atoms with van der Waals surface area (Å²) in [5.41, 5.74) is 2.43. The monoisotopic (exact) mass is 210 g/mol. The van der Waals surface area contributed by atoms with Crippen LogP contribution in [0.3, 0.4) is 0 Å². The van der Waals surface area contributed by atoms with Crippen LogP contribution in [0.4, 0.5) is 0 Å². The van der Waals surface area contributed by atoms with Gasteiger partial charge in [0.05, 0.1) is 18.7 Å². The van der Waals surface area contributed by atoms with E-state index in [-0.39, 0.29) is 0 Å². The fourth-order valence-corrected chi connectivity index (χ4v) is 1.49. The van der Waals surface area contributed by atoms with Crippen LogP contribution < -0.4 is 4.74 Å². The Hall–Kier alpha value is -2.34. The second-order valence-electron chi connectivity index (χ2n) is 3.26. The summed E-state index contributed by atoms with van der Waals surface area (Å²) >= 11 is 0. The van der Waals surface area contributed by atoms with Crippen molar-refractivity contribution >= 4 is 0 Å². The second kappa shape index (κ2) is 4.45. The number of methoxy groups -OCH3 is 1. The third-order valence-corrected chi connectivity index (χ3v) is 2.34. The molecule has 2 rings (SSSR count). The summed E-state index contributed by atoms with van der Waals surface area (Å²) in [6.45, 7) is 0. The first-order valence-electron chi connectivity index (χ1n) is 4.83. The molecule has 1 aromatic carbocycles. The van der Waals surface area contributed by atoms with Crippen molar-refractivity contribution in [3.8, 4) is 22.9 Å². The molecule has 0 spiro atoms. The Labute approximate surface area is 93.9 Å². The Morgan fingerprint density at radius 2 is 1.94 bits per heavy atom. The zero-order valence-corrected chi connectivity index (χ0v) is 8.84. The van der Waals surface area contributed by atoms with E-state index < -0.39 is 0 Å². The first-order chi connectivity index (χ1) is 7.85. The lowest BCUT2D eigenvalue weighted by atomic mass is 10.0. The van der Waals surface area contributed by atoms with Crippen molar-refractivity contribution in [1.29, 1.82) is 5.26 Å². The average Bonchev–Trinajstić information content (AvgIpc) is 2.39. The number of ether oxygens (including phenoxy) is 1. The third-order valence-electron chi connectivity index (χ3n) is 2.34. The van der Waals surface area contributed by atoms with E-state index in [2.05, 4.69) is 11.1 Å². The molecule has 0 atom stereocenters. The molecule has 0 aliphatic carbocycles. The smallest absolute Gasteiger partial charge is 0.118 e. The van der Waals surface area contributed by atoms with E-state index >= 15 is 0 Å². The predicted molar refractivity (Wildman–Crippen MR) is 60.9 cm³/mol. The number of benzene rings is 1. The van der Waals surface area contributed by atoms with Crippen molar-refractivity contribution in [3.63, 3.8) is 0 Å². The summed E-state index contributed by atoms with van der Waals surface area (Å²) in [7, 11) is 1.62. The Morgan fingerprint density at radius 1 is 1.19 bits per heavy atom. The molecule has 0 fully saturated rings. The number of hydrogen-bond donors (Lipinski definition) is 0. The lowest BCUT2D eigenvalue weighted by molar-refractivity contribution is 0.415. The minimum Gasteiger partial charge on any atom is -0.497 e. The molecular formula is C13H10N2O. The highest BCUT2D eigenvalue weighted by Gasteiger charge is 2.04. The highest BCUT2D eigenvalue weighted by Crippen LogP contribution is 2.24. The summed E-state index contributed by atoms with van der Waals surface area (Å²) in [5, 5.41) is 8.98. The van der Waals surface area contributed by atoms with Gasteiger partial charge in [-0.05, 0) is 23.8 Å². The first kappa shape index (κ1) is 10.2. The van der Waals surface area contributed by atoms with Gasteiger partial charge in [0.25, 0.3) is 0 Å². The SMILES string of the molecule is COc1ccc(-c2cnccc2C#N)cc1. The van der Waals surface area contributed by atoms with Crippen LogP contribution in [0, 0.1) is 11.3 Å². The van der Waals surface area contributed by atoms with E-state index in [1.165, 1.54) is 0 Å². The molecule has 0 bridgehead atoms. The number of hydrogen-bond acceptors (Lipinski definition) is 3. The van der Waals surface area contributed by atoms with E-state index in [1.54, 1.807) is 25.6 Å². The summed E-state index contributed by atoms with van der Waals surface area (Å²) < 4.78 is 5.08. The fraction of sp³-hybridized carbons (Fsp3) is 0.0769. The Kier molecular flexibility index (Phi) is 2.84. The van der Waals surface area contributed by atoms with Gasteiger partial charge in [0.2, 0.25) is 0 Å². The van der Waals surface area contributed by atoms with Crippen LogP contribution in [-0.2, 0) is 0 Å². The lowest BCUT2D eigenvalue weighted by Crippen LogP contribution is -1.87. The number of rotatable bonds is 2. The molecule has 0 aliphatic rings. The number of aromatic nitrogens is 1. The van der Waals surface area contributed by atoms with E-state index in [0.717, 1.165) is 16.9 Å². The summed E-state index contributed by atoms with van der Waals surface area (Å²) in [4.78, 5) is 4.03. The third kappa shape index (κ3) is 1.86. The van der Waals surface area contributed by atoms with Gasteiger partial charge in [-0.2, -0.15) is 5.26 Å². The van der Waals surface area contributed by atoms with E-state index in [9.17, 15) is 0 Å². The van der Waals surface area contributed by atoms with Crippen molar-refractivity contribution in [2.24, 2.45) is 0 Å². The molecule has 1 heterocycles. The van der Waals surface area contributed by atoms with Gasteiger partial charge in [0, 0.05) is 18.0 Å². The summed E-state index contributed by atoms with van der Waals surface area (Å²) in [6, 6.07) is 11.4. The van der Waals surface area contributed by atoms with Gasteiger partial charge in [0.15, 0.2) is 0 Å². The number of pyridine rings is 1. The zero-order valence-electron chi connectivity index (χ0n) is 8.84. The topological polar surface area (TPSA) is 45.9 Å². The maximum atomic E-state index is 8.98. The molecular weight excluding hydrogens is 200 g/mol. The summed E-state index contributed by atoms with van der Waals surface area (Å²) in [6.07, 6.45) is 3.31. The number of nitrogens with zero attached hydrogens (tertiary/aromatic N) is 2. The van der Waals surface area contributed by atoms with Gasteiger partial charge in [-0.15, -0.1) is 0 Å². The van der Waals surface area contributed by atoms with Crippen LogP contribution in [0.15, 0.2) is 42.7 Å². The van der Waals surface area contributed by atoms with Gasteiger partial charge in [-0.1, -0.05) is 12.1 Å². The molecule has 16 heavy (non-hydrogen) atoms. The molecule has 0 saturated heterocycles. The van der Waals surface area contributed by atoms with Gasteiger partial charge in [-0.3, -0.25) is 4.98 Å². The Bertz CT molecular complexity index is 526. The van der Waals surface area contributed by atoms with E-state index in [0.29, 0.717) is 5.56 Å². The maximum absolute atomic E-state index is 8.98. The molecule has 0 unspecified atom stereocenters. The molecule has 0 saturated carbocycles. The fourth-order valence-electron chi connectivity index (χ4n) is 1.49. The standard InChI is InChI=1S/C13H10N2O/c1-16-12-4-2-10(3-5-12)13-9-15-7-6-11(13)8-14/h2-7,9H,1H3. The van der Waals surface area contributed by atoms with Gasteiger partial charge in [-0.25, -0.2) is 0 Å². The Morgan fingerprint density at radius 3 is 2.56 bits per heavy atom. The van der Waals surface area contributed by atoms with E-state index in [1.807, 2.05) is 24.3 Å². The highest BCUT2D eigenvalue weighted by atomic mass is 16.5. The first-order valence-corrected chi connectivity index (χ1v) is 4.83. The van der Waals surface area contributed by atoms with Crippen LogP contribution in [0.25, 0.3) is 11.1 Å². The minimum absolute atomic E-state index is 0.625. The van der Waals surface area contributed by atoms with E-state index in [4.69, 9.17) is 10.00 Å². The van der Waals surface area contributed by atoms with Crippen LogP contribution in [0.5, 0.6) is 5.75 Å². The molecule has 0 radical (unpaired) electrons. The second-order valence-corrected chi connectivity index (χ2v) is 3.26. The number of nitriles is 1. The van der Waals surface area contributed by atoms with Crippen LogP contribution >= 0.6 is 0 Å². The largest absolute Gasteiger partial charge is 0.497 e. The molecule has 0 N–H and O–H groups in total. The predicted octanol–water partition coefficient (Wildman–Crippen LogP) is 2.63. The minimum atomic E-state index is 0.625. The highest BCUT2D eigenvalue weighted by molar-refractivity contribution is 5.69. The molecule has 1 aromatic heterocycles. The average molecular weight is 210 g/mol. The quantitative estimate of drug-likeness (QED) is 0.765. The molecule has 2 aromatic rings. The van der Waals surface area contributed by atoms with Crippen molar-refractivity contribution in [3.05, 3.63) is 48.3 Å². The van der Waals surface area contributed by atoms with Crippen molar-refractivity contribution in [2.75, 3.05) is 7.11 Å². The lowest BCUT2D eigenvalue weighted by Gasteiger charge is -2.04. The van der Waals surface area contributed by atoms with Crippen LogP contribution in [0.1, 0.15) is 5.56 Å². The molecule has 78 valence electrons. The van der Waals surface area contributed by atoms with Crippen LogP contribution in [0.2, 0.25) is 0 Å². The Balaban J connectivity index is 2.47. The summed E-state index contributed by atoms with van der Waals surface area (Å²) in [5.74, 6) is 0.797. The van der Waals surface area contributed by atoms with Crippen LogP contribution in [-0.4, -0.2) is 12.1 Å². The zero-order chi connectivity index (χ0) is 11.4. The van der Waals surface area contributed by atoms with Gasteiger partial charge >= 0.3 is 0 Å². The van der Waals surface area contributed by atoms with Gasteiger partial charge < -0.3 is 4.74 Å². The molecule has 0 amide bonds. The van der Waals surface area contributed by atoms with Gasteiger partial charge in [0.1, 0.15) is 5.75 Å². The van der Waals surface area contributed by atoms with Crippen molar-refractivity contribution in [1.82, 2.24) is 4.98 Å². The maximum Gasteiger partial charge on any atom is 0.118 e. The molecule has 3 heteroatoms. The molecule has 3 nitrogen and oxygen atoms in total. The van der Waals surface area contributed by atoms with Crippen molar-refractivity contribution < 1.29 is 4.74 Å². The normalized spacial score (nSPS) is 9.50.